The maximum atomic E-state index is 10.7. The maximum Gasteiger partial charge on any atom is 0.325 e. The van der Waals surface area contributed by atoms with E-state index >= 15 is 0 Å². The molecule has 0 aliphatic rings. The summed E-state index contributed by atoms with van der Waals surface area (Å²) in [5, 5.41) is 8.66. The number of carboxylic acid groups (broad SMARTS) is 1. The van der Waals surface area contributed by atoms with Crippen LogP contribution in [0.5, 0.6) is 0 Å². The average molecular weight is 310 g/mol. The Balaban J connectivity index is 0.00000324. The summed E-state index contributed by atoms with van der Waals surface area (Å²) in [6, 6.07) is 5.94. The second-order valence-electron chi connectivity index (χ2n) is 4.10. The predicted molar refractivity (Wildman–Crippen MR) is 73.6 cm³/mol. The molecule has 0 amide bonds. The number of hydrogen-bond donors (Lipinski definition) is 4. The Morgan fingerprint density at radius 2 is 1.68 bits per heavy atom. The Hall–Kier alpha value is -0.910. The zero-order chi connectivity index (χ0) is 13.8. The summed E-state index contributed by atoms with van der Waals surface area (Å²) < 4.78 is 10.7. The lowest BCUT2D eigenvalue weighted by Gasteiger charge is -2.08. The van der Waals surface area contributed by atoms with Gasteiger partial charge in [0, 0.05) is 0 Å². The standard InChI is InChI=1S/C11H16NO5P.ClH/c12-10(11(13)14)7-9-3-1-8(2-4-9)5-6-18(15,16)17;/h1-4,10H,5-7,12H2,(H,13,14)(H2,15,16,17);1H/t10-;/m0./s1. The van der Waals surface area contributed by atoms with Crippen LogP contribution in [-0.2, 0) is 22.2 Å². The Kier molecular flexibility index (Phi) is 7.26. The first kappa shape index (κ1) is 18.1. The smallest absolute Gasteiger partial charge is 0.325 e. The van der Waals surface area contributed by atoms with E-state index in [1.165, 1.54) is 0 Å². The molecule has 6 nitrogen and oxygen atoms in total. The molecule has 1 rings (SSSR count). The molecule has 0 fully saturated rings. The van der Waals surface area contributed by atoms with E-state index < -0.39 is 19.6 Å². The second-order valence-corrected chi connectivity index (χ2v) is 5.88. The van der Waals surface area contributed by atoms with Crippen LogP contribution >= 0.6 is 20.0 Å². The van der Waals surface area contributed by atoms with Crippen LogP contribution < -0.4 is 5.73 Å². The second kappa shape index (κ2) is 7.62. The number of hydrogen-bond acceptors (Lipinski definition) is 3. The van der Waals surface area contributed by atoms with Gasteiger partial charge in [0.25, 0.3) is 0 Å². The summed E-state index contributed by atoms with van der Waals surface area (Å²) >= 11 is 0. The topological polar surface area (TPSA) is 121 Å². The van der Waals surface area contributed by atoms with Crippen molar-refractivity contribution in [2.24, 2.45) is 5.73 Å². The first-order valence-corrected chi connectivity index (χ1v) is 7.18. The minimum Gasteiger partial charge on any atom is -0.480 e. The Labute approximate surface area is 117 Å². The molecule has 0 bridgehead atoms. The van der Waals surface area contributed by atoms with Gasteiger partial charge in [0.15, 0.2) is 0 Å². The van der Waals surface area contributed by atoms with Crippen molar-refractivity contribution in [1.29, 1.82) is 0 Å². The van der Waals surface area contributed by atoms with Gasteiger partial charge in [0.2, 0.25) is 0 Å². The molecule has 0 aliphatic heterocycles. The van der Waals surface area contributed by atoms with Crippen molar-refractivity contribution in [3.05, 3.63) is 35.4 Å². The SMILES string of the molecule is Cl.N[C@@H](Cc1ccc(CCP(=O)(O)O)cc1)C(=O)O. The van der Waals surface area contributed by atoms with Crippen LogP contribution in [0.3, 0.4) is 0 Å². The van der Waals surface area contributed by atoms with Gasteiger partial charge < -0.3 is 20.6 Å². The first-order chi connectivity index (χ1) is 8.28. The molecular weight excluding hydrogens is 293 g/mol. The van der Waals surface area contributed by atoms with Gasteiger partial charge in [-0.25, -0.2) is 0 Å². The lowest BCUT2D eigenvalue weighted by Crippen LogP contribution is -2.32. The molecule has 1 aromatic rings. The van der Waals surface area contributed by atoms with Crippen LogP contribution in [-0.4, -0.2) is 33.1 Å². The number of benzene rings is 1. The monoisotopic (exact) mass is 309 g/mol. The van der Waals surface area contributed by atoms with Crippen molar-refractivity contribution in [2.45, 2.75) is 18.9 Å². The molecule has 0 spiro atoms. The summed E-state index contributed by atoms with van der Waals surface area (Å²) in [5.41, 5.74) is 6.98. The summed E-state index contributed by atoms with van der Waals surface area (Å²) in [6.07, 6.45) is 0.324. The highest BCUT2D eigenvalue weighted by atomic mass is 35.5. The van der Waals surface area contributed by atoms with Gasteiger partial charge in [-0.05, 0) is 24.0 Å². The van der Waals surface area contributed by atoms with Crippen LogP contribution in [0.25, 0.3) is 0 Å². The summed E-state index contributed by atoms with van der Waals surface area (Å²) in [5.74, 6) is -1.06. The Morgan fingerprint density at radius 3 is 2.11 bits per heavy atom. The predicted octanol–water partition coefficient (Wildman–Crippen LogP) is 0.783. The lowest BCUT2D eigenvalue weighted by atomic mass is 10.0. The van der Waals surface area contributed by atoms with E-state index in [1.807, 2.05) is 0 Å². The van der Waals surface area contributed by atoms with Gasteiger partial charge in [0.1, 0.15) is 6.04 Å². The largest absolute Gasteiger partial charge is 0.480 e. The van der Waals surface area contributed by atoms with E-state index in [0.29, 0.717) is 0 Å². The van der Waals surface area contributed by atoms with Crippen LogP contribution in [0.1, 0.15) is 11.1 Å². The number of carbonyl (C=O) groups is 1. The third kappa shape index (κ3) is 7.30. The minimum atomic E-state index is -3.98. The Bertz CT molecular complexity index is 459. The van der Waals surface area contributed by atoms with Gasteiger partial charge in [-0.2, -0.15) is 0 Å². The van der Waals surface area contributed by atoms with Crippen molar-refractivity contribution in [2.75, 3.05) is 6.16 Å². The fourth-order valence-corrected chi connectivity index (χ4v) is 2.01. The number of halogens is 1. The van der Waals surface area contributed by atoms with E-state index in [-0.39, 0.29) is 31.4 Å². The number of carboxylic acids is 1. The van der Waals surface area contributed by atoms with Crippen LogP contribution in [0.4, 0.5) is 0 Å². The highest BCUT2D eigenvalue weighted by Crippen LogP contribution is 2.34. The number of aryl methyl sites for hydroxylation is 1. The van der Waals surface area contributed by atoms with Crippen molar-refractivity contribution in [1.82, 2.24) is 0 Å². The molecule has 0 unspecified atom stereocenters. The van der Waals surface area contributed by atoms with E-state index in [1.54, 1.807) is 24.3 Å². The van der Waals surface area contributed by atoms with Gasteiger partial charge in [-0.3, -0.25) is 9.36 Å². The highest BCUT2D eigenvalue weighted by molar-refractivity contribution is 7.51. The van der Waals surface area contributed by atoms with E-state index in [0.717, 1.165) is 11.1 Å². The van der Waals surface area contributed by atoms with Crippen LogP contribution in [0.15, 0.2) is 24.3 Å². The normalized spacial score (nSPS) is 12.6. The summed E-state index contributed by atoms with van der Waals surface area (Å²) in [6.45, 7) is 0. The quantitative estimate of drug-likeness (QED) is 0.576. The molecule has 0 heterocycles. The van der Waals surface area contributed by atoms with Crippen molar-refractivity contribution < 1.29 is 24.3 Å². The molecule has 5 N–H and O–H groups in total. The summed E-state index contributed by atoms with van der Waals surface area (Å²) in [7, 11) is -3.98. The van der Waals surface area contributed by atoms with Gasteiger partial charge in [-0.1, -0.05) is 24.3 Å². The molecule has 1 atom stereocenters. The van der Waals surface area contributed by atoms with E-state index in [2.05, 4.69) is 0 Å². The highest BCUT2D eigenvalue weighted by Gasteiger charge is 2.13. The first-order valence-electron chi connectivity index (χ1n) is 5.39. The third-order valence-corrected chi connectivity index (χ3v) is 3.29. The number of aliphatic carboxylic acids is 1. The van der Waals surface area contributed by atoms with Crippen molar-refractivity contribution in [3.63, 3.8) is 0 Å². The third-order valence-electron chi connectivity index (χ3n) is 2.49. The Morgan fingerprint density at radius 1 is 1.21 bits per heavy atom. The van der Waals surface area contributed by atoms with Gasteiger partial charge in [-0.15, -0.1) is 12.4 Å². The van der Waals surface area contributed by atoms with Crippen molar-refractivity contribution in [3.8, 4) is 0 Å². The zero-order valence-corrected chi connectivity index (χ0v) is 11.8. The minimum absolute atomic E-state index is 0. The zero-order valence-electron chi connectivity index (χ0n) is 10.1. The molecule has 0 saturated heterocycles. The van der Waals surface area contributed by atoms with Gasteiger partial charge >= 0.3 is 13.6 Å². The molecule has 0 radical (unpaired) electrons. The number of rotatable bonds is 6. The lowest BCUT2D eigenvalue weighted by molar-refractivity contribution is -0.138. The molecular formula is C11H17ClNO5P. The maximum absolute atomic E-state index is 10.7. The van der Waals surface area contributed by atoms with Gasteiger partial charge in [0.05, 0.1) is 6.16 Å². The molecule has 0 saturated carbocycles. The fourth-order valence-electron chi connectivity index (χ4n) is 1.46. The average Bonchev–Trinajstić information content (AvgIpc) is 2.27. The summed E-state index contributed by atoms with van der Waals surface area (Å²) in [4.78, 5) is 28.1. The molecule has 108 valence electrons. The number of nitrogens with two attached hydrogens (primary N) is 1. The molecule has 8 heteroatoms. The van der Waals surface area contributed by atoms with Crippen molar-refractivity contribution >= 4 is 26.0 Å². The van der Waals surface area contributed by atoms with Crippen LogP contribution in [0.2, 0.25) is 0 Å². The molecule has 0 aromatic heterocycles. The van der Waals surface area contributed by atoms with Crippen LogP contribution in [0, 0.1) is 0 Å². The molecule has 0 aliphatic carbocycles. The fraction of sp³-hybridized carbons (Fsp3) is 0.364. The van der Waals surface area contributed by atoms with E-state index in [9.17, 15) is 9.36 Å². The molecule has 1 aromatic carbocycles. The van der Waals surface area contributed by atoms with E-state index in [4.69, 9.17) is 20.6 Å². The molecule has 19 heavy (non-hydrogen) atoms.